The van der Waals surface area contributed by atoms with E-state index in [2.05, 4.69) is 0 Å². The van der Waals surface area contributed by atoms with Crippen LogP contribution in [-0.2, 0) is 16.1 Å². The molecule has 0 aromatic heterocycles. The average molecular weight is 269 g/mol. The van der Waals surface area contributed by atoms with E-state index in [-0.39, 0.29) is 4.90 Å². The number of carbonyl (C=O) groups excluding carboxylic acids is 3. The van der Waals surface area contributed by atoms with Gasteiger partial charge in [-0.25, -0.2) is 0 Å². The Kier molecular flexibility index (Phi) is 1.06. The molecule has 0 aliphatic carbocycles. The van der Waals surface area contributed by atoms with E-state index in [1.165, 1.54) is 5.32 Å². The normalized spacial score (nSPS) is 41.9. The van der Waals surface area contributed by atoms with Gasteiger partial charge in [-0.15, -0.1) is 0 Å². The Morgan fingerprint density at radius 1 is 1.47 bits per heavy atom. The molecule has 6 nitrogen and oxygen atoms in total. The summed E-state index contributed by atoms with van der Waals surface area (Å²) in [5, 5.41) is 1.44. The van der Waals surface area contributed by atoms with Gasteiger partial charge in [0, 0.05) is 35.2 Å². The molecule has 0 radical (unpaired) electrons. The molecule has 1 atom stereocenters. The van der Waals surface area contributed by atoms with Gasteiger partial charge in [0.2, 0.25) is 11.8 Å². The summed E-state index contributed by atoms with van der Waals surface area (Å²) in [6.07, 6.45) is -7.24. The number of amides is 3. The molecule has 2 aliphatic rings. The van der Waals surface area contributed by atoms with Crippen molar-refractivity contribution in [3.63, 3.8) is 0 Å². The van der Waals surface area contributed by atoms with Crippen LogP contribution in [0.5, 0.6) is 0 Å². The monoisotopic (exact) mass is 269 g/mol. The lowest BCUT2D eigenvalue weighted by molar-refractivity contribution is -0.136. The number of nitrogens with one attached hydrogen (secondary N) is 1. The number of benzene rings is 1. The van der Waals surface area contributed by atoms with Crippen molar-refractivity contribution in [2.75, 3.05) is 5.73 Å². The number of hydrogen-bond acceptors (Lipinski definition) is 4. The lowest BCUT2D eigenvalue weighted by Gasteiger charge is -2.29. The van der Waals surface area contributed by atoms with Gasteiger partial charge >= 0.3 is 0 Å². The van der Waals surface area contributed by atoms with E-state index >= 15 is 0 Å². The largest absolute Gasteiger partial charge is 0.398 e. The first kappa shape index (κ1) is 4.96. The van der Waals surface area contributed by atoms with Gasteiger partial charge < -0.3 is 10.6 Å². The third kappa shape index (κ3) is 1.76. The van der Waals surface area contributed by atoms with E-state index in [1.807, 2.05) is 0 Å². The summed E-state index contributed by atoms with van der Waals surface area (Å²) in [5.74, 6) is -5.08. The van der Waals surface area contributed by atoms with Gasteiger partial charge in [-0.2, -0.15) is 0 Å². The number of imide groups is 1. The first-order valence-electron chi connectivity index (χ1n) is 10.1. The highest BCUT2D eigenvalue weighted by Crippen LogP contribution is 2.30. The maximum Gasteiger partial charge on any atom is 0.255 e. The lowest BCUT2D eigenvalue weighted by Crippen LogP contribution is -2.52. The number of anilines is 1. The maximum absolute atomic E-state index is 13.0. The highest BCUT2D eigenvalue weighted by atomic mass is 16.2. The highest BCUT2D eigenvalue weighted by molar-refractivity contribution is 6.06. The number of carbonyl (C=O) groups is 3. The molecule has 0 saturated carbocycles. The summed E-state index contributed by atoms with van der Waals surface area (Å²) in [4.78, 5) is 37.0. The summed E-state index contributed by atoms with van der Waals surface area (Å²) in [6.45, 7) is -3.24. The van der Waals surface area contributed by atoms with Crippen molar-refractivity contribution in [3.05, 3.63) is 29.3 Å². The number of piperidine rings is 1. The lowest BCUT2D eigenvalue weighted by atomic mass is 10.0. The van der Waals surface area contributed by atoms with Crippen LogP contribution in [-0.4, -0.2) is 28.6 Å². The SMILES string of the molecule is [2H]c1c([2H])c(N)c2c(c1[2H])C(=O)N([C@@]1([2H])C(=O)NC(=O)C([2H])([2H])C1([2H])[2H])C2([2H])[2H]. The Hall–Kier alpha value is -2.37. The van der Waals surface area contributed by atoms with Crippen LogP contribution in [0, 0.1) is 0 Å². The summed E-state index contributed by atoms with van der Waals surface area (Å²) in [5.41, 5.74) is 3.29. The fourth-order valence-electron chi connectivity index (χ4n) is 1.65. The van der Waals surface area contributed by atoms with Gasteiger partial charge in [-0.1, -0.05) is 6.04 Å². The standard InChI is InChI=1S/C13H13N3O3/c14-9-3-1-2-7-8(9)6-16(13(7)19)10-4-5-11(17)15-12(10)18/h1-3,10H,4-6,14H2,(H,15,17,18)/t10-/m1/s1/i1D,2D,3D,4D2,5D2,6D2,10D. The predicted molar refractivity (Wildman–Crippen MR) is 66.9 cm³/mol. The fourth-order valence-corrected chi connectivity index (χ4v) is 1.65. The molecule has 1 fully saturated rings. The average Bonchev–Trinajstić information content (AvgIpc) is 2.81. The van der Waals surface area contributed by atoms with Gasteiger partial charge in [0.25, 0.3) is 5.91 Å². The summed E-state index contributed by atoms with van der Waals surface area (Å²) < 4.78 is 79.5. The van der Waals surface area contributed by atoms with Crippen LogP contribution in [0.1, 0.15) is 42.4 Å². The van der Waals surface area contributed by atoms with Crippen molar-refractivity contribution in [1.82, 2.24) is 10.2 Å². The third-order valence-corrected chi connectivity index (χ3v) is 2.50. The molecular formula is C13H13N3O3. The van der Waals surface area contributed by atoms with Crippen LogP contribution in [0.25, 0.3) is 0 Å². The van der Waals surface area contributed by atoms with Gasteiger partial charge in [-0.3, -0.25) is 19.7 Å². The van der Waals surface area contributed by atoms with Crippen LogP contribution in [0.3, 0.4) is 0 Å². The zero-order chi connectivity index (χ0) is 22.5. The first-order chi connectivity index (χ1) is 13.0. The Morgan fingerprint density at radius 2 is 2.26 bits per heavy atom. The van der Waals surface area contributed by atoms with Crippen molar-refractivity contribution < 1.29 is 28.1 Å². The number of fused-ring (bicyclic) bond motifs is 1. The number of nitrogen functional groups attached to an aromatic ring is 1. The fraction of sp³-hybridized carbons (Fsp3) is 0.308. The molecule has 2 heterocycles. The van der Waals surface area contributed by atoms with Crippen LogP contribution in [0.4, 0.5) is 5.69 Å². The third-order valence-electron chi connectivity index (χ3n) is 2.50. The zero-order valence-electron chi connectivity index (χ0n) is 19.2. The van der Waals surface area contributed by atoms with E-state index in [1.54, 1.807) is 0 Å². The molecule has 0 unspecified atom stereocenters. The molecule has 0 bridgehead atoms. The molecule has 19 heavy (non-hydrogen) atoms. The van der Waals surface area contributed by atoms with Gasteiger partial charge in [0.1, 0.15) is 6.02 Å². The van der Waals surface area contributed by atoms with Crippen LogP contribution in [0.2, 0.25) is 0 Å². The Labute approximate surface area is 123 Å². The van der Waals surface area contributed by atoms with E-state index in [9.17, 15) is 14.4 Å². The van der Waals surface area contributed by atoms with Crippen LogP contribution in [0.15, 0.2) is 18.1 Å². The minimum absolute atomic E-state index is 0.239. The van der Waals surface area contributed by atoms with Crippen molar-refractivity contribution in [2.45, 2.75) is 25.3 Å². The molecule has 98 valence electrons. The van der Waals surface area contributed by atoms with E-state index in [0.717, 1.165) is 0 Å². The minimum atomic E-state index is -3.73. The van der Waals surface area contributed by atoms with Crippen LogP contribution < -0.4 is 11.1 Å². The van der Waals surface area contributed by atoms with Gasteiger partial charge in [-0.05, 0) is 18.5 Å². The summed E-state index contributed by atoms with van der Waals surface area (Å²) >= 11 is 0. The smallest absolute Gasteiger partial charge is 0.255 e. The second-order valence-corrected chi connectivity index (χ2v) is 3.67. The molecular weight excluding hydrogens is 246 g/mol. The molecule has 1 aromatic rings. The summed E-state index contributed by atoms with van der Waals surface area (Å²) in [6, 6.07) is -6.16. The molecule has 1 aromatic carbocycles. The number of nitrogens with zero attached hydrogens (tertiary/aromatic N) is 1. The van der Waals surface area contributed by atoms with Crippen molar-refractivity contribution in [1.29, 1.82) is 0 Å². The number of nitrogens with two attached hydrogens (primary N) is 1. The Morgan fingerprint density at radius 3 is 3.05 bits per heavy atom. The second kappa shape index (κ2) is 4.08. The molecule has 3 amide bonds. The van der Waals surface area contributed by atoms with E-state index in [0.29, 0.717) is 0 Å². The Bertz CT molecular complexity index is 1010. The minimum Gasteiger partial charge on any atom is -0.398 e. The van der Waals surface area contributed by atoms with Crippen molar-refractivity contribution in [3.8, 4) is 0 Å². The maximum atomic E-state index is 13.0. The molecule has 1 saturated heterocycles. The molecule has 2 aliphatic heterocycles. The van der Waals surface area contributed by atoms with Crippen molar-refractivity contribution in [2.24, 2.45) is 0 Å². The number of hydrogen-bond donors (Lipinski definition) is 2. The molecule has 3 N–H and O–H groups in total. The Balaban J connectivity index is 2.37. The topological polar surface area (TPSA) is 92.5 Å². The zero-order valence-corrected chi connectivity index (χ0v) is 9.25. The summed E-state index contributed by atoms with van der Waals surface area (Å²) in [7, 11) is 0. The van der Waals surface area contributed by atoms with E-state index in [4.69, 9.17) is 19.4 Å². The second-order valence-electron chi connectivity index (χ2n) is 3.67. The number of rotatable bonds is 1. The van der Waals surface area contributed by atoms with Crippen molar-refractivity contribution >= 4 is 23.4 Å². The van der Waals surface area contributed by atoms with E-state index < -0.39 is 77.9 Å². The molecule has 0 spiro atoms. The quantitative estimate of drug-likeness (QED) is 0.555. The molecule has 6 heteroatoms. The molecule has 3 rings (SSSR count). The van der Waals surface area contributed by atoms with Crippen LogP contribution >= 0.6 is 0 Å². The van der Waals surface area contributed by atoms with Gasteiger partial charge in [0.15, 0.2) is 0 Å². The highest BCUT2D eigenvalue weighted by Gasteiger charge is 2.39. The predicted octanol–water partition coefficient (Wildman–Crippen LogP) is 0.0298. The van der Waals surface area contributed by atoms with Gasteiger partial charge in [0.05, 0.1) is 8.22 Å². The first-order valence-corrected chi connectivity index (χ1v) is 5.07.